The number of fused-ring (bicyclic) bond motifs is 1. The minimum Gasteiger partial charge on any atom is -0.497 e. The summed E-state index contributed by atoms with van der Waals surface area (Å²) in [6.45, 7) is 1.72. The zero-order valence-electron chi connectivity index (χ0n) is 9.36. The summed E-state index contributed by atoms with van der Waals surface area (Å²) in [6.07, 6.45) is 2.68. The molecule has 1 aliphatic rings. The van der Waals surface area contributed by atoms with E-state index < -0.39 is 11.9 Å². The predicted octanol–water partition coefficient (Wildman–Crippen LogP) is 2.36. The van der Waals surface area contributed by atoms with Crippen LogP contribution in [0.3, 0.4) is 0 Å². The van der Waals surface area contributed by atoms with Gasteiger partial charge in [-0.05, 0) is 36.6 Å². The Balaban J connectivity index is 2.29. The van der Waals surface area contributed by atoms with Gasteiger partial charge in [-0.25, -0.2) is 0 Å². The Morgan fingerprint density at radius 1 is 1.50 bits per heavy atom. The number of aliphatic carboxylic acids is 1. The molecule has 0 amide bonds. The fourth-order valence-electron chi connectivity index (χ4n) is 1.90. The quantitative estimate of drug-likeness (QED) is 0.847. The lowest BCUT2D eigenvalue weighted by molar-refractivity contribution is -0.139. The minimum absolute atomic E-state index is 0.418. The molecule has 84 valence electrons. The van der Waals surface area contributed by atoms with Crippen LogP contribution in [-0.4, -0.2) is 18.2 Å². The summed E-state index contributed by atoms with van der Waals surface area (Å²) in [5, 5.41) is 8.96. The number of ether oxygens (including phenoxy) is 1. The Morgan fingerprint density at radius 2 is 2.25 bits per heavy atom. The number of hydrogen-bond donors (Lipinski definition) is 1. The smallest absolute Gasteiger partial charge is 0.310 e. The normalized spacial score (nSPS) is 15.2. The highest BCUT2D eigenvalue weighted by Gasteiger charge is 2.22. The third-order valence-corrected chi connectivity index (χ3v) is 3.02. The van der Waals surface area contributed by atoms with Gasteiger partial charge in [-0.2, -0.15) is 0 Å². The SMILES string of the molecule is COc1ccc2c(c1)C=C([C@H](C)C(=O)O)C2. The first kappa shape index (κ1) is 10.7. The van der Waals surface area contributed by atoms with E-state index in [1.807, 2.05) is 24.3 Å². The first-order valence-corrected chi connectivity index (χ1v) is 5.22. The molecular weight excluding hydrogens is 204 g/mol. The summed E-state index contributed by atoms with van der Waals surface area (Å²) in [5.41, 5.74) is 3.20. The molecule has 0 aromatic heterocycles. The first-order chi connectivity index (χ1) is 7.61. The number of hydrogen-bond acceptors (Lipinski definition) is 2. The second-order valence-corrected chi connectivity index (χ2v) is 4.02. The number of benzene rings is 1. The van der Waals surface area contributed by atoms with Crippen molar-refractivity contribution in [1.82, 2.24) is 0 Å². The van der Waals surface area contributed by atoms with Crippen LogP contribution in [0.1, 0.15) is 18.1 Å². The van der Waals surface area contributed by atoms with E-state index in [4.69, 9.17) is 9.84 Å². The molecule has 2 rings (SSSR count). The Morgan fingerprint density at radius 3 is 2.88 bits per heavy atom. The highest BCUT2D eigenvalue weighted by Crippen LogP contribution is 2.31. The van der Waals surface area contributed by atoms with Crippen molar-refractivity contribution in [2.45, 2.75) is 13.3 Å². The highest BCUT2D eigenvalue weighted by atomic mass is 16.5. The molecule has 16 heavy (non-hydrogen) atoms. The van der Waals surface area contributed by atoms with Gasteiger partial charge in [-0.15, -0.1) is 0 Å². The van der Waals surface area contributed by atoms with E-state index in [1.165, 1.54) is 5.56 Å². The number of carbonyl (C=O) groups is 1. The van der Waals surface area contributed by atoms with E-state index in [9.17, 15) is 4.79 Å². The van der Waals surface area contributed by atoms with Gasteiger partial charge < -0.3 is 9.84 Å². The summed E-state index contributed by atoms with van der Waals surface area (Å²) < 4.78 is 5.14. The summed E-state index contributed by atoms with van der Waals surface area (Å²) in [7, 11) is 1.63. The number of carboxylic acid groups (broad SMARTS) is 1. The van der Waals surface area contributed by atoms with E-state index in [2.05, 4.69) is 0 Å². The molecule has 0 saturated carbocycles. The van der Waals surface area contributed by atoms with Crippen LogP contribution in [0.4, 0.5) is 0 Å². The van der Waals surface area contributed by atoms with Crippen molar-refractivity contribution in [2.24, 2.45) is 5.92 Å². The Kier molecular flexibility index (Phi) is 2.69. The highest BCUT2D eigenvalue weighted by molar-refractivity contribution is 5.78. The third kappa shape index (κ3) is 1.81. The van der Waals surface area contributed by atoms with Gasteiger partial charge in [-0.1, -0.05) is 17.7 Å². The maximum Gasteiger partial charge on any atom is 0.310 e. The standard InChI is InChI=1S/C13H14O3/c1-8(13(14)15)10-5-9-3-4-12(16-2)7-11(9)6-10/h3-4,6-8H,5H2,1-2H3,(H,14,15)/t8-/m0/s1. The predicted molar refractivity (Wildman–Crippen MR) is 61.5 cm³/mol. The van der Waals surface area contributed by atoms with Crippen molar-refractivity contribution in [2.75, 3.05) is 7.11 Å². The van der Waals surface area contributed by atoms with Gasteiger partial charge in [0.25, 0.3) is 0 Å². The average Bonchev–Trinajstić information content (AvgIpc) is 2.69. The second-order valence-electron chi connectivity index (χ2n) is 4.02. The van der Waals surface area contributed by atoms with E-state index in [0.717, 1.165) is 23.3 Å². The van der Waals surface area contributed by atoms with E-state index in [1.54, 1.807) is 14.0 Å². The Labute approximate surface area is 94.4 Å². The molecular formula is C13H14O3. The molecule has 0 saturated heterocycles. The van der Waals surface area contributed by atoms with E-state index >= 15 is 0 Å². The van der Waals surface area contributed by atoms with Crippen molar-refractivity contribution < 1.29 is 14.6 Å². The molecule has 1 aliphatic carbocycles. The van der Waals surface area contributed by atoms with Crippen LogP contribution in [0.2, 0.25) is 0 Å². The van der Waals surface area contributed by atoms with Gasteiger partial charge >= 0.3 is 5.97 Å². The molecule has 1 aromatic carbocycles. The van der Waals surface area contributed by atoms with Gasteiger partial charge in [0.15, 0.2) is 0 Å². The fraction of sp³-hybridized carbons (Fsp3) is 0.308. The topological polar surface area (TPSA) is 46.5 Å². The summed E-state index contributed by atoms with van der Waals surface area (Å²) in [5.74, 6) is -0.386. The van der Waals surface area contributed by atoms with Crippen molar-refractivity contribution in [1.29, 1.82) is 0 Å². The monoisotopic (exact) mass is 218 g/mol. The number of carboxylic acids is 1. The van der Waals surface area contributed by atoms with Crippen LogP contribution in [0.15, 0.2) is 23.8 Å². The molecule has 0 unspecified atom stereocenters. The van der Waals surface area contributed by atoms with Gasteiger partial charge in [0.05, 0.1) is 13.0 Å². The van der Waals surface area contributed by atoms with Crippen molar-refractivity contribution >= 4 is 12.0 Å². The molecule has 0 heterocycles. The summed E-state index contributed by atoms with van der Waals surface area (Å²) in [4.78, 5) is 10.9. The van der Waals surface area contributed by atoms with Crippen LogP contribution in [-0.2, 0) is 11.2 Å². The molecule has 0 aliphatic heterocycles. The number of rotatable bonds is 3. The second kappa shape index (κ2) is 4.00. The van der Waals surface area contributed by atoms with Gasteiger partial charge in [-0.3, -0.25) is 4.79 Å². The van der Waals surface area contributed by atoms with Gasteiger partial charge in [0.1, 0.15) is 5.75 Å². The zero-order chi connectivity index (χ0) is 11.7. The van der Waals surface area contributed by atoms with Crippen molar-refractivity contribution in [3.05, 3.63) is 34.9 Å². The lowest BCUT2D eigenvalue weighted by Crippen LogP contribution is -2.12. The minimum atomic E-state index is -0.772. The summed E-state index contributed by atoms with van der Waals surface area (Å²) >= 11 is 0. The summed E-state index contributed by atoms with van der Waals surface area (Å²) in [6, 6.07) is 5.84. The molecule has 0 radical (unpaired) electrons. The van der Waals surface area contributed by atoms with Crippen molar-refractivity contribution in [3.8, 4) is 5.75 Å². The van der Waals surface area contributed by atoms with Crippen LogP contribution in [0, 0.1) is 5.92 Å². The lowest BCUT2D eigenvalue weighted by Gasteiger charge is -2.06. The maximum atomic E-state index is 10.9. The van der Waals surface area contributed by atoms with Crippen LogP contribution >= 0.6 is 0 Å². The molecule has 1 aromatic rings. The first-order valence-electron chi connectivity index (χ1n) is 5.22. The largest absolute Gasteiger partial charge is 0.497 e. The van der Waals surface area contributed by atoms with Gasteiger partial charge in [0, 0.05) is 0 Å². The molecule has 1 atom stereocenters. The molecule has 0 bridgehead atoms. The zero-order valence-corrected chi connectivity index (χ0v) is 9.36. The van der Waals surface area contributed by atoms with Gasteiger partial charge in [0.2, 0.25) is 0 Å². The fourth-order valence-corrected chi connectivity index (χ4v) is 1.90. The molecule has 0 spiro atoms. The van der Waals surface area contributed by atoms with E-state index in [-0.39, 0.29) is 0 Å². The van der Waals surface area contributed by atoms with Crippen LogP contribution < -0.4 is 4.74 Å². The molecule has 0 fully saturated rings. The van der Waals surface area contributed by atoms with Crippen molar-refractivity contribution in [3.63, 3.8) is 0 Å². The Bertz CT molecular complexity index is 460. The molecule has 3 nitrogen and oxygen atoms in total. The number of methoxy groups -OCH3 is 1. The van der Waals surface area contributed by atoms with Crippen LogP contribution in [0.25, 0.3) is 6.08 Å². The third-order valence-electron chi connectivity index (χ3n) is 3.02. The van der Waals surface area contributed by atoms with E-state index in [0.29, 0.717) is 0 Å². The van der Waals surface area contributed by atoms with Crippen LogP contribution in [0.5, 0.6) is 5.75 Å². The molecule has 3 heteroatoms. The average molecular weight is 218 g/mol. The lowest BCUT2D eigenvalue weighted by atomic mass is 10.00. The maximum absolute atomic E-state index is 10.9. The Hall–Kier alpha value is -1.77. The molecule has 1 N–H and O–H groups in total.